The molecule has 0 N–H and O–H groups in total. The molecule has 2 aliphatic carbocycles. The molecule has 19 heavy (non-hydrogen) atoms. The summed E-state index contributed by atoms with van der Waals surface area (Å²) >= 11 is 5.48. The summed E-state index contributed by atoms with van der Waals surface area (Å²) in [4.78, 5) is 2.60. The lowest BCUT2D eigenvalue weighted by atomic mass is 10.1. The Bertz CT molecular complexity index is 630. The number of hydrogen-bond donors (Lipinski definition) is 0. The van der Waals surface area contributed by atoms with Crippen molar-refractivity contribution in [2.75, 3.05) is 0 Å². The Labute approximate surface area is 126 Å². The number of benzene rings is 1. The normalized spacial score (nSPS) is 17.7. The Hall–Kier alpha value is -1.25. The van der Waals surface area contributed by atoms with Gasteiger partial charge in [0.05, 0.1) is 0 Å². The first kappa shape index (κ1) is 12.8. The number of fused-ring (bicyclic) bond motifs is 2. The van der Waals surface area contributed by atoms with Crippen molar-refractivity contribution in [3.8, 4) is 0 Å². The molecule has 0 saturated carbocycles. The van der Waals surface area contributed by atoms with Crippen molar-refractivity contribution in [2.24, 2.45) is 0 Å². The maximum atomic E-state index is 3.65. The third kappa shape index (κ3) is 3.02. The van der Waals surface area contributed by atoms with Crippen LogP contribution in [0.3, 0.4) is 0 Å². The average Bonchev–Trinajstić information content (AvgIpc) is 2.76. The zero-order valence-corrected chi connectivity index (χ0v) is 12.7. The Balaban J connectivity index is 1.95. The first-order valence-electron chi connectivity index (χ1n) is 6.20. The van der Waals surface area contributed by atoms with Gasteiger partial charge in [0.15, 0.2) is 0 Å². The maximum absolute atomic E-state index is 3.65. The van der Waals surface area contributed by atoms with Crippen molar-refractivity contribution in [3.05, 3.63) is 87.3 Å². The van der Waals surface area contributed by atoms with E-state index in [1.165, 1.54) is 25.4 Å². The van der Waals surface area contributed by atoms with Crippen LogP contribution in [0.25, 0.3) is 0 Å². The van der Waals surface area contributed by atoms with E-state index in [-0.39, 0.29) is 0 Å². The van der Waals surface area contributed by atoms with Gasteiger partial charge in [0.2, 0.25) is 0 Å². The molecular weight excluding hydrogens is 316 g/mol. The molecule has 2 aliphatic rings. The number of hydrogen-bond acceptors (Lipinski definition) is 1. The summed E-state index contributed by atoms with van der Waals surface area (Å²) in [5.41, 5.74) is 2.71. The van der Waals surface area contributed by atoms with Gasteiger partial charge in [-0.3, -0.25) is 0 Å². The predicted octanol–water partition coefficient (Wildman–Crippen LogP) is 5.77. The van der Waals surface area contributed by atoms with E-state index in [9.17, 15) is 0 Å². The van der Waals surface area contributed by atoms with Gasteiger partial charge in [0.1, 0.15) is 0 Å². The third-order valence-electron chi connectivity index (χ3n) is 3.06. The van der Waals surface area contributed by atoms with E-state index in [2.05, 4.69) is 82.7 Å². The summed E-state index contributed by atoms with van der Waals surface area (Å²) in [6.45, 7) is 0. The Kier molecular flexibility index (Phi) is 3.90. The smallest absolute Gasteiger partial charge is 0.0211 e. The molecule has 0 heterocycles. The first-order valence-corrected chi connectivity index (χ1v) is 7.81. The highest BCUT2D eigenvalue weighted by atomic mass is 79.9. The molecule has 0 amide bonds. The highest BCUT2D eigenvalue weighted by molar-refractivity contribution is 9.12. The molecular formula is C17H13BrS. The second kappa shape index (κ2) is 5.81. The topological polar surface area (TPSA) is 0 Å². The molecule has 2 heteroatoms. The molecule has 1 aromatic carbocycles. The minimum atomic E-state index is 0.982. The van der Waals surface area contributed by atoms with Crippen LogP contribution in [0, 0.1) is 0 Å². The largest absolute Gasteiger partial charge is 0.0898 e. The lowest BCUT2D eigenvalue weighted by molar-refractivity contribution is 1.21. The second-order valence-corrected chi connectivity index (χ2v) is 6.38. The number of rotatable bonds is 2. The molecule has 94 valence electrons. The lowest BCUT2D eigenvalue weighted by Crippen LogP contribution is -1.87. The molecule has 2 bridgehead atoms. The molecule has 3 rings (SSSR count). The highest BCUT2D eigenvalue weighted by Crippen LogP contribution is 2.39. The fraction of sp³-hybridized carbons (Fsp3) is 0.0588. The summed E-state index contributed by atoms with van der Waals surface area (Å²) in [7, 11) is 0. The van der Waals surface area contributed by atoms with E-state index < -0.39 is 0 Å². The Morgan fingerprint density at radius 2 is 1.58 bits per heavy atom. The standard InChI is InChI=1S/C17H13BrS/c18-16-10-11-17(19-15-8-2-1-3-9-15)14-7-5-4-6-13(16)12-14/h1-11H,12H2. The van der Waals surface area contributed by atoms with Gasteiger partial charge in [0, 0.05) is 14.3 Å². The molecule has 0 atom stereocenters. The van der Waals surface area contributed by atoms with Crippen molar-refractivity contribution in [1.82, 2.24) is 0 Å². The van der Waals surface area contributed by atoms with Crippen LogP contribution >= 0.6 is 27.7 Å². The number of halogens is 1. The monoisotopic (exact) mass is 328 g/mol. The molecule has 0 spiro atoms. The van der Waals surface area contributed by atoms with Gasteiger partial charge in [0.25, 0.3) is 0 Å². The molecule has 0 radical (unpaired) electrons. The van der Waals surface area contributed by atoms with E-state index in [0.29, 0.717) is 0 Å². The zero-order chi connectivity index (χ0) is 13.1. The Morgan fingerprint density at radius 3 is 2.37 bits per heavy atom. The van der Waals surface area contributed by atoms with Crippen molar-refractivity contribution < 1.29 is 0 Å². The molecule has 1 aromatic rings. The van der Waals surface area contributed by atoms with Crippen LogP contribution < -0.4 is 0 Å². The molecule has 0 aromatic heterocycles. The van der Waals surface area contributed by atoms with Crippen molar-refractivity contribution >= 4 is 27.7 Å². The lowest BCUT2D eigenvalue weighted by Gasteiger charge is -2.10. The molecule has 0 unspecified atom stereocenters. The fourth-order valence-electron chi connectivity index (χ4n) is 2.08. The molecule has 0 fully saturated rings. The number of allylic oxidation sites excluding steroid dienone is 9. The summed E-state index contributed by atoms with van der Waals surface area (Å²) < 4.78 is 1.17. The number of thioether (sulfide) groups is 1. The summed E-state index contributed by atoms with van der Waals surface area (Å²) in [5, 5.41) is 0. The minimum absolute atomic E-state index is 0.982. The first-order chi connectivity index (χ1) is 9.33. The van der Waals surface area contributed by atoms with Gasteiger partial charge >= 0.3 is 0 Å². The van der Waals surface area contributed by atoms with Crippen LogP contribution in [-0.4, -0.2) is 0 Å². The van der Waals surface area contributed by atoms with Crippen molar-refractivity contribution in [3.63, 3.8) is 0 Å². The van der Waals surface area contributed by atoms with Gasteiger partial charge in [-0.15, -0.1) is 0 Å². The van der Waals surface area contributed by atoms with E-state index >= 15 is 0 Å². The van der Waals surface area contributed by atoms with Gasteiger partial charge in [-0.05, 0) is 41.9 Å². The van der Waals surface area contributed by atoms with E-state index in [0.717, 1.165) is 6.42 Å². The van der Waals surface area contributed by atoms with Crippen molar-refractivity contribution in [1.29, 1.82) is 0 Å². The molecule has 0 saturated heterocycles. The molecule has 0 nitrogen and oxygen atoms in total. The predicted molar refractivity (Wildman–Crippen MR) is 87.3 cm³/mol. The van der Waals surface area contributed by atoms with E-state index in [1.54, 1.807) is 0 Å². The van der Waals surface area contributed by atoms with Crippen LogP contribution in [0.15, 0.2) is 92.2 Å². The molecule has 0 aliphatic heterocycles. The van der Waals surface area contributed by atoms with Crippen molar-refractivity contribution in [2.45, 2.75) is 11.3 Å². The minimum Gasteiger partial charge on any atom is -0.0898 e. The SMILES string of the molecule is BrC1=CC=C(Sc2ccccc2)C2=CC=CC=C1C2. The van der Waals surface area contributed by atoms with Crippen LogP contribution in [-0.2, 0) is 0 Å². The summed E-state index contributed by atoms with van der Waals surface area (Å²) in [6, 6.07) is 10.5. The zero-order valence-electron chi connectivity index (χ0n) is 10.3. The van der Waals surface area contributed by atoms with Crippen LogP contribution in [0.4, 0.5) is 0 Å². The summed E-state index contributed by atoms with van der Waals surface area (Å²) in [5.74, 6) is 0. The third-order valence-corrected chi connectivity index (χ3v) is 4.96. The summed E-state index contributed by atoms with van der Waals surface area (Å²) in [6.07, 6.45) is 13.9. The van der Waals surface area contributed by atoms with Gasteiger partial charge in [-0.1, -0.05) is 70.2 Å². The quantitative estimate of drug-likeness (QED) is 0.664. The van der Waals surface area contributed by atoms with Crippen LogP contribution in [0.2, 0.25) is 0 Å². The van der Waals surface area contributed by atoms with Crippen LogP contribution in [0.5, 0.6) is 0 Å². The average molecular weight is 329 g/mol. The van der Waals surface area contributed by atoms with Crippen LogP contribution in [0.1, 0.15) is 6.42 Å². The van der Waals surface area contributed by atoms with Gasteiger partial charge in [-0.25, -0.2) is 0 Å². The Morgan fingerprint density at radius 1 is 0.842 bits per heavy atom. The fourth-order valence-corrected chi connectivity index (χ4v) is 3.44. The van der Waals surface area contributed by atoms with E-state index in [1.807, 2.05) is 11.8 Å². The van der Waals surface area contributed by atoms with E-state index in [4.69, 9.17) is 0 Å². The van der Waals surface area contributed by atoms with Gasteiger partial charge < -0.3 is 0 Å². The maximum Gasteiger partial charge on any atom is 0.0211 e. The second-order valence-electron chi connectivity index (χ2n) is 4.41. The highest BCUT2D eigenvalue weighted by Gasteiger charge is 2.14. The van der Waals surface area contributed by atoms with Gasteiger partial charge in [-0.2, -0.15) is 0 Å².